The predicted octanol–water partition coefficient (Wildman–Crippen LogP) is 1.82. The molecule has 0 bridgehead atoms. The molecule has 1 heterocycles. The first kappa shape index (κ1) is 12.5. The van der Waals surface area contributed by atoms with Crippen molar-refractivity contribution in [3.63, 3.8) is 0 Å². The molecule has 1 fully saturated rings. The Morgan fingerprint density at radius 2 is 1.73 bits per heavy atom. The molecule has 0 aromatic heterocycles. The van der Waals surface area contributed by atoms with E-state index in [9.17, 15) is 0 Å². The molecule has 0 unspecified atom stereocenters. The lowest BCUT2D eigenvalue weighted by Crippen LogP contribution is -2.42. The SMILES string of the molecule is Cc1ccc(CN2CCNCC2)cc1.Cl. The fourth-order valence-corrected chi connectivity index (χ4v) is 1.82. The molecular weight excluding hydrogens is 208 g/mol. The summed E-state index contributed by atoms with van der Waals surface area (Å²) in [5, 5.41) is 3.37. The second-order valence-electron chi connectivity index (χ2n) is 4.01. The van der Waals surface area contributed by atoms with Crippen LogP contribution in [0, 0.1) is 6.92 Å². The van der Waals surface area contributed by atoms with Crippen LogP contribution in [0.2, 0.25) is 0 Å². The van der Waals surface area contributed by atoms with Crippen LogP contribution in [0.25, 0.3) is 0 Å². The average molecular weight is 227 g/mol. The lowest BCUT2D eigenvalue weighted by atomic mass is 10.1. The summed E-state index contributed by atoms with van der Waals surface area (Å²) in [4.78, 5) is 2.50. The van der Waals surface area contributed by atoms with Crippen LogP contribution in [-0.4, -0.2) is 31.1 Å². The first-order valence-electron chi connectivity index (χ1n) is 5.33. The van der Waals surface area contributed by atoms with Gasteiger partial charge in [-0.15, -0.1) is 12.4 Å². The number of hydrogen-bond acceptors (Lipinski definition) is 2. The number of hydrogen-bond donors (Lipinski definition) is 1. The highest BCUT2D eigenvalue weighted by Gasteiger charge is 2.08. The van der Waals surface area contributed by atoms with E-state index < -0.39 is 0 Å². The van der Waals surface area contributed by atoms with Gasteiger partial charge in [0.1, 0.15) is 0 Å². The lowest BCUT2D eigenvalue weighted by molar-refractivity contribution is 0.233. The zero-order valence-electron chi connectivity index (χ0n) is 9.20. The van der Waals surface area contributed by atoms with E-state index in [1.54, 1.807) is 0 Å². The maximum atomic E-state index is 3.37. The number of rotatable bonds is 2. The molecule has 15 heavy (non-hydrogen) atoms. The Morgan fingerprint density at radius 1 is 1.13 bits per heavy atom. The summed E-state index contributed by atoms with van der Waals surface area (Å²) < 4.78 is 0. The second kappa shape index (κ2) is 6.11. The number of aryl methyl sites for hydroxylation is 1. The third-order valence-corrected chi connectivity index (χ3v) is 2.74. The summed E-state index contributed by atoms with van der Waals surface area (Å²) in [6.45, 7) is 7.84. The van der Waals surface area contributed by atoms with Gasteiger partial charge < -0.3 is 5.32 Å². The van der Waals surface area contributed by atoms with Crippen LogP contribution >= 0.6 is 12.4 Å². The van der Waals surface area contributed by atoms with Gasteiger partial charge in [-0.25, -0.2) is 0 Å². The minimum atomic E-state index is 0. The molecule has 1 aromatic rings. The van der Waals surface area contributed by atoms with E-state index in [0.29, 0.717) is 0 Å². The predicted molar refractivity (Wildman–Crippen MR) is 66.6 cm³/mol. The van der Waals surface area contributed by atoms with E-state index >= 15 is 0 Å². The van der Waals surface area contributed by atoms with E-state index in [1.807, 2.05) is 0 Å². The van der Waals surface area contributed by atoms with Crippen LogP contribution in [0.1, 0.15) is 11.1 Å². The van der Waals surface area contributed by atoms with Crippen molar-refractivity contribution in [2.24, 2.45) is 0 Å². The topological polar surface area (TPSA) is 15.3 Å². The van der Waals surface area contributed by atoms with Gasteiger partial charge in [-0.2, -0.15) is 0 Å². The van der Waals surface area contributed by atoms with Crippen LogP contribution in [0.15, 0.2) is 24.3 Å². The monoisotopic (exact) mass is 226 g/mol. The van der Waals surface area contributed by atoms with Gasteiger partial charge in [0.2, 0.25) is 0 Å². The maximum Gasteiger partial charge on any atom is 0.0234 e. The van der Waals surface area contributed by atoms with Gasteiger partial charge in [0.15, 0.2) is 0 Å². The molecule has 0 atom stereocenters. The Hall–Kier alpha value is -0.570. The summed E-state index contributed by atoms with van der Waals surface area (Å²) in [6.07, 6.45) is 0. The van der Waals surface area contributed by atoms with Gasteiger partial charge in [0.25, 0.3) is 0 Å². The van der Waals surface area contributed by atoms with E-state index in [2.05, 4.69) is 41.4 Å². The third-order valence-electron chi connectivity index (χ3n) is 2.74. The lowest BCUT2D eigenvalue weighted by Gasteiger charge is -2.27. The fraction of sp³-hybridized carbons (Fsp3) is 0.500. The quantitative estimate of drug-likeness (QED) is 0.828. The van der Waals surface area contributed by atoms with Crippen LogP contribution < -0.4 is 5.32 Å². The Morgan fingerprint density at radius 3 is 2.33 bits per heavy atom. The van der Waals surface area contributed by atoms with Gasteiger partial charge in [0, 0.05) is 32.7 Å². The molecular formula is C12H19ClN2. The average Bonchev–Trinajstić information content (AvgIpc) is 2.23. The normalized spacial score (nSPS) is 17.1. The molecule has 0 amide bonds. The van der Waals surface area contributed by atoms with Crippen molar-refractivity contribution < 1.29 is 0 Å². The summed E-state index contributed by atoms with van der Waals surface area (Å²) in [5.74, 6) is 0. The summed E-state index contributed by atoms with van der Waals surface area (Å²) in [7, 11) is 0. The molecule has 84 valence electrons. The molecule has 1 N–H and O–H groups in total. The third kappa shape index (κ3) is 3.82. The number of halogens is 1. The van der Waals surface area contributed by atoms with Gasteiger partial charge in [-0.05, 0) is 12.5 Å². The van der Waals surface area contributed by atoms with Crippen LogP contribution in [-0.2, 0) is 6.54 Å². The van der Waals surface area contributed by atoms with Crippen molar-refractivity contribution in [2.75, 3.05) is 26.2 Å². The first-order valence-corrected chi connectivity index (χ1v) is 5.33. The largest absolute Gasteiger partial charge is 0.314 e. The maximum absolute atomic E-state index is 3.37. The van der Waals surface area contributed by atoms with E-state index in [4.69, 9.17) is 0 Å². The molecule has 0 aliphatic carbocycles. The number of benzene rings is 1. The molecule has 1 aromatic carbocycles. The van der Waals surface area contributed by atoms with E-state index in [0.717, 1.165) is 19.6 Å². The molecule has 2 nitrogen and oxygen atoms in total. The Balaban J connectivity index is 0.00000112. The van der Waals surface area contributed by atoms with E-state index in [1.165, 1.54) is 24.2 Å². The minimum absolute atomic E-state index is 0. The van der Waals surface area contributed by atoms with Crippen molar-refractivity contribution in [2.45, 2.75) is 13.5 Å². The number of piperazine rings is 1. The van der Waals surface area contributed by atoms with Crippen LogP contribution in [0.3, 0.4) is 0 Å². The molecule has 1 aliphatic heterocycles. The van der Waals surface area contributed by atoms with Gasteiger partial charge in [0.05, 0.1) is 0 Å². The highest BCUT2D eigenvalue weighted by Crippen LogP contribution is 2.07. The van der Waals surface area contributed by atoms with Gasteiger partial charge in [-0.1, -0.05) is 29.8 Å². The molecule has 3 heteroatoms. The molecule has 1 saturated heterocycles. The fourth-order valence-electron chi connectivity index (χ4n) is 1.82. The number of nitrogens with zero attached hydrogens (tertiary/aromatic N) is 1. The Kier molecular flexibility index (Phi) is 5.09. The van der Waals surface area contributed by atoms with Crippen LogP contribution in [0.4, 0.5) is 0 Å². The zero-order chi connectivity index (χ0) is 9.80. The summed E-state index contributed by atoms with van der Waals surface area (Å²) in [5.41, 5.74) is 2.77. The van der Waals surface area contributed by atoms with Crippen molar-refractivity contribution >= 4 is 12.4 Å². The minimum Gasteiger partial charge on any atom is -0.314 e. The Labute approximate surface area is 98.1 Å². The highest BCUT2D eigenvalue weighted by atomic mass is 35.5. The van der Waals surface area contributed by atoms with Gasteiger partial charge >= 0.3 is 0 Å². The van der Waals surface area contributed by atoms with Crippen molar-refractivity contribution in [3.8, 4) is 0 Å². The number of nitrogens with one attached hydrogen (secondary N) is 1. The summed E-state index contributed by atoms with van der Waals surface area (Å²) in [6, 6.07) is 8.85. The molecule has 1 aliphatic rings. The van der Waals surface area contributed by atoms with Crippen molar-refractivity contribution in [3.05, 3.63) is 35.4 Å². The van der Waals surface area contributed by atoms with Crippen molar-refractivity contribution in [1.29, 1.82) is 0 Å². The standard InChI is InChI=1S/C12H18N2.ClH/c1-11-2-4-12(5-3-11)10-14-8-6-13-7-9-14;/h2-5,13H,6-10H2,1H3;1H. The van der Waals surface area contributed by atoms with Crippen molar-refractivity contribution in [1.82, 2.24) is 10.2 Å². The smallest absolute Gasteiger partial charge is 0.0234 e. The molecule has 0 saturated carbocycles. The summed E-state index contributed by atoms with van der Waals surface area (Å²) >= 11 is 0. The molecule has 0 spiro atoms. The first-order chi connectivity index (χ1) is 6.84. The Bertz CT molecular complexity index is 278. The molecule has 0 radical (unpaired) electrons. The van der Waals surface area contributed by atoms with Gasteiger partial charge in [-0.3, -0.25) is 4.90 Å². The molecule has 2 rings (SSSR count). The van der Waals surface area contributed by atoms with E-state index in [-0.39, 0.29) is 12.4 Å². The highest BCUT2D eigenvalue weighted by molar-refractivity contribution is 5.85. The second-order valence-corrected chi connectivity index (χ2v) is 4.01. The van der Waals surface area contributed by atoms with Crippen LogP contribution in [0.5, 0.6) is 0 Å². The zero-order valence-corrected chi connectivity index (χ0v) is 10.0.